The molecule has 1 amide bonds. The molecule has 6 N–H and O–H groups in total. The van der Waals surface area contributed by atoms with E-state index in [9.17, 15) is 4.79 Å². The Labute approximate surface area is 203 Å². The first-order valence-electron chi connectivity index (χ1n) is 11.0. The van der Waals surface area contributed by atoms with E-state index in [4.69, 9.17) is 21.1 Å². The zero-order valence-corrected chi connectivity index (χ0v) is 19.3. The fourth-order valence-electron chi connectivity index (χ4n) is 3.53. The van der Waals surface area contributed by atoms with Gasteiger partial charge < -0.3 is 25.9 Å². The van der Waals surface area contributed by atoms with Crippen molar-refractivity contribution in [2.24, 2.45) is 5.84 Å². The van der Waals surface area contributed by atoms with E-state index < -0.39 is 0 Å². The molecule has 4 aromatic rings. The van der Waals surface area contributed by atoms with Gasteiger partial charge in [-0.05, 0) is 53.6 Å². The SMILES string of the molecule is COc1ccc(C(=O)Nc2ccc(COCc3ccccc3)cc2)cc1-c1ccc(N)c(NN)n1. The van der Waals surface area contributed by atoms with Crippen LogP contribution in [-0.2, 0) is 18.0 Å². The molecule has 0 aliphatic heterocycles. The Hall–Kier alpha value is -4.40. The number of hydrogen-bond donors (Lipinski definition) is 4. The molecule has 0 bridgehead atoms. The third-order valence-electron chi connectivity index (χ3n) is 5.39. The normalized spacial score (nSPS) is 10.6. The minimum atomic E-state index is -0.255. The first-order chi connectivity index (χ1) is 17.1. The summed E-state index contributed by atoms with van der Waals surface area (Å²) in [7, 11) is 1.56. The Morgan fingerprint density at radius 1 is 0.914 bits per heavy atom. The number of nitrogens with zero attached hydrogens (tertiary/aromatic N) is 1. The van der Waals surface area contributed by atoms with Gasteiger partial charge in [-0.1, -0.05) is 42.5 Å². The molecule has 3 aromatic carbocycles. The Balaban J connectivity index is 1.43. The van der Waals surface area contributed by atoms with Gasteiger partial charge in [-0.2, -0.15) is 0 Å². The maximum Gasteiger partial charge on any atom is 0.255 e. The van der Waals surface area contributed by atoms with Crippen LogP contribution in [0.5, 0.6) is 5.75 Å². The van der Waals surface area contributed by atoms with E-state index in [1.54, 1.807) is 37.4 Å². The van der Waals surface area contributed by atoms with Crippen molar-refractivity contribution in [1.82, 2.24) is 4.98 Å². The Morgan fingerprint density at radius 2 is 1.63 bits per heavy atom. The van der Waals surface area contributed by atoms with Gasteiger partial charge in [-0.3, -0.25) is 4.79 Å². The van der Waals surface area contributed by atoms with Gasteiger partial charge in [0.05, 0.1) is 31.7 Å². The number of carbonyl (C=O) groups excluding carboxylic acids is 1. The molecular weight excluding hydrogens is 442 g/mol. The lowest BCUT2D eigenvalue weighted by atomic mass is 10.0. The predicted molar refractivity (Wildman–Crippen MR) is 138 cm³/mol. The first-order valence-corrected chi connectivity index (χ1v) is 11.0. The average molecular weight is 470 g/mol. The summed E-state index contributed by atoms with van der Waals surface area (Å²) in [5.74, 6) is 6.16. The van der Waals surface area contributed by atoms with Gasteiger partial charge in [0.25, 0.3) is 5.91 Å². The number of methoxy groups -OCH3 is 1. The van der Waals surface area contributed by atoms with Crippen molar-refractivity contribution in [2.45, 2.75) is 13.2 Å². The van der Waals surface area contributed by atoms with Gasteiger partial charge in [0.15, 0.2) is 5.82 Å². The van der Waals surface area contributed by atoms with E-state index in [0.717, 1.165) is 11.1 Å². The van der Waals surface area contributed by atoms with Crippen LogP contribution in [0.4, 0.5) is 17.2 Å². The summed E-state index contributed by atoms with van der Waals surface area (Å²) >= 11 is 0. The summed E-state index contributed by atoms with van der Waals surface area (Å²) in [5, 5.41) is 2.92. The van der Waals surface area contributed by atoms with Crippen molar-refractivity contribution in [3.05, 3.63) is 102 Å². The Bertz CT molecular complexity index is 1290. The van der Waals surface area contributed by atoms with Crippen LogP contribution in [0, 0.1) is 0 Å². The van der Waals surface area contributed by atoms with Crippen molar-refractivity contribution in [3.8, 4) is 17.0 Å². The van der Waals surface area contributed by atoms with Crippen LogP contribution in [0.1, 0.15) is 21.5 Å². The number of rotatable bonds is 9. The van der Waals surface area contributed by atoms with Gasteiger partial charge in [0, 0.05) is 16.8 Å². The summed E-state index contributed by atoms with van der Waals surface area (Å²) < 4.78 is 11.2. The summed E-state index contributed by atoms with van der Waals surface area (Å²) in [4.78, 5) is 17.4. The molecule has 1 aromatic heterocycles. The minimum Gasteiger partial charge on any atom is -0.496 e. The van der Waals surface area contributed by atoms with Crippen molar-refractivity contribution in [1.29, 1.82) is 0 Å². The number of nitrogens with two attached hydrogens (primary N) is 2. The van der Waals surface area contributed by atoms with Crippen molar-refractivity contribution >= 4 is 23.1 Å². The molecule has 4 rings (SSSR count). The molecular formula is C27H27N5O3. The molecule has 0 fully saturated rings. The smallest absolute Gasteiger partial charge is 0.255 e. The van der Waals surface area contributed by atoms with Crippen LogP contribution in [0.25, 0.3) is 11.3 Å². The average Bonchev–Trinajstić information content (AvgIpc) is 2.90. The summed E-state index contributed by atoms with van der Waals surface area (Å²) in [6, 6.07) is 26.2. The van der Waals surface area contributed by atoms with E-state index in [2.05, 4.69) is 15.7 Å². The second-order valence-corrected chi connectivity index (χ2v) is 7.82. The molecule has 8 heteroatoms. The van der Waals surface area contributed by atoms with Crippen LogP contribution in [0.2, 0.25) is 0 Å². The van der Waals surface area contributed by atoms with Crippen molar-refractivity contribution in [3.63, 3.8) is 0 Å². The van der Waals surface area contributed by atoms with Gasteiger partial charge in [-0.25, -0.2) is 10.8 Å². The fourth-order valence-corrected chi connectivity index (χ4v) is 3.53. The highest BCUT2D eigenvalue weighted by atomic mass is 16.5. The van der Waals surface area contributed by atoms with Crippen LogP contribution in [0.3, 0.4) is 0 Å². The predicted octanol–water partition coefficient (Wildman–Crippen LogP) is 4.59. The second-order valence-electron chi connectivity index (χ2n) is 7.82. The number of nitrogens with one attached hydrogen (secondary N) is 2. The molecule has 0 saturated heterocycles. The monoisotopic (exact) mass is 469 g/mol. The van der Waals surface area contributed by atoms with Gasteiger partial charge >= 0.3 is 0 Å². The van der Waals surface area contributed by atoms with Crippen LogP contribution < -0.4 is 27.1 Å². The fraction of sp³-hybridized carbons (Fsp3) is 0.111. The third-order valence-corrected chi connectivity index (χ3v) is 5.39. The molecule has 35 heavy (non-hydrogen) atoms. The van der Waals surface area contributed by atoms with Crippen LogP contribution >= 0.6 is 0 Å². The van der Waals surface area contributed by atoms with E-state index >= 15 is 0 Å². The minimum absolute atomic E-state index is 0.255. The van der Waals surface area contributed by atoms with Gasteiger partial charge in [0.1, 0.15) is 5.75 Å². The van der Waals surface area contributed by atoms with Gasteiger partial charge in [-0.15, -0.1) is 0 Å². The molecule has 0 atom stereocenters. The molecule has 0 unspecified atom stereocenters. The molecule has 0 aliphatic carbocycles. The number of carbonyl (C=O) groups is 1. The summed E-state index contributed by atoms with van der Waals surface area (Å²) in [6.45, 7) is 1.03. The molecule has 8 nitrogen and oxygen atoms in total. The Morgan fingerprint density at radius 3 is 2.31 bits per heavy atom. The summed E-state index contributed by atoms with van der Waals surface area (Å²) in [5.41, 5.74) is 13.2. The molecule has 178 valence electrons. The second kappa shape index (κ2) is 11.1. The lowest BCUT2D eigenvalue weighted by Gasteiger charge is -2.13. The number of hydrazine groups is 1. The lowest BCUT2D eigenvalue weighted by Crippen LogP contribution is -2.13. The summed E-state index contributed by atoms with van der Waals surface area (Å²) in [6.07, 6.45) is 0. The number of amides is 1. The largest absolute Gasteiger partial charge is 0.496 e. The number of aromatic nitrogens is 1. The maximum atomic E-state index is 12.9. The first kappa shape index (κ1) is 23.7. The van der Waals surface area contributed by atoms with Crippen LogP contribution in [0.15, 0.2) is 84.9 Å². The van der Waals surface area contributed by atoms with E-state index in [0.29, 0.717) is 53.0 Å². The number of hydrogen-bond acceptors (Lipinski definition) is 7. The molecule has 0 aliphatic rings. The highest BCUT2D eigenvalue weighted by Gasteiger charge is 2.14. The maximum absolute atomic E-state index is 12.9. The quantitative estimate of drug-likeness (QED) is 0.209. The number of anilines is 3. The number of ether oxygens (including phenoxy) is 2. The number of benzene rings is 3. The molecule has 0 saturated carbocycles. The van der Waals surface area contributed by atoms with E-state index in [1.165, 1.54) is 0 Å². The lowest BCUT2D eigenvalue weighted by molar-refractivity contribution is 0.102. The van der Waals surface area contributed by atoms with E-state index in [1.807, 2.05) is 54.6 Å². The number of pyridine rings is 1. The molecule has 0 radical (unpaired) electrons. The van der Waals surface area contributed by atoms with Crippen molar-refractivity contribution < 1.29 is 14.3 Å². The zero-order chi connectivity index (χ0) is 24.6. The zero-order valence-electron chi connectivity index (χ0n) is 19.3. The standard InChI is InChI=1S/C27H27N5O3/c1-34-25-14-9-20(15-22(25)24-13-12-23(28)26(31-24)32-29)27(33)30-21-10-7-19(8-11-21)17-35-16-18-5-3-2-4-6-18/h2-15H,16-17,28-29H2,1H3,(H,30,33)(H,31,32). The molecule has 0 spiro atoms. The highest BCUT2D eigenvalue weighted by Crippen LogP contribution is 2.32. The number of nitrogen functional groups attached to an aromatic ring is 2. The van der Waals surface area contributed by atoms with E-state index in [-0.39, 0.29) is 5.91 Å². The van der Waals surface area contributed by atoms with Crippen LogP contribution in [-0.4, -0.2) is 18.0 Å². The molecule has 1 heterocycles. The van der Waals surface area contributed by atoms with Gasteiger partial charge in [0.2, 0.25) is 0 Å². The topological polar surface area (TPSA) is 125 Å². The highest BCUT2D eigenvalue weighted by molar-refractivity contribution is 6.05. The third kappa shape index (κ3) is 5.94. The van der Waals surface area contributed by atoms with Crippen molar-refractivity contribution in [2.75, 3.05) is 23.6 Å². The Kier molecular flexibility index (Phi) is 7.57.